The number of non-ortho nitro benzene ring substituents is 1. The Morgan fingerprint density at radius 1 is 1.17 bits per heavy atom. The molecule has 42 heavy (non-hydrogen) atoms. The number of nitro benzene ring substituents is 1. The number of hydrogen-bond acceptors (Lipinski definition) is 7. The molecule has 4 atom stereocenters. The lowest BCUT2D eigenvalue weighted by Crippen LogP contribution is -2.46. The Labute approximate surface area is 253 Å². The number of carbonyl (C=O) groups is 2. The Morgan fingerprint density at radius 3 is 2.67 bits per heavy atom. The van der Waals surface area contributed by atoms with Crippen LogP contribution in [0.2, 0.25) is 6.32 Å². The molecule has 2 amide bonds. The van der Waals surface area contributed by atoms with Crippen LogP contribution in [0.3, 0.4) is 0 Å². The number of benzene rings is 2. The topological polar surface area (TPSA) is 130 Å². The van der Waals surface area contributed by atoms with E-state index < -0.39 is 30.0 Å². The van der Waals surface area contributed by atoms with Crippen molar-refractivity contribution >= 4 is 52.3 Å². The number of imide groups is 1. The maximum atomic E-state index is 13.9. The summed E-state index contributed by atoms with van der Waals surface area (Å²) in [6.45, 7) is 4.13. The average molecular weight is 637 g/mol. The van der Waals surface area contributed by atoms with Crippen molar-refractivity contribution in [3.05, 3.63) is 79.3 Å². The molecule has 2 fully saturated rings. The van der Waals surface area contributed by atoms with Crippen molar-refractivity contribution in [2.24, 2.45) is 17.8 Å². The Kier molecular flexibility index (Phi) is 9.01. The summed E-state index contributed by atoms with van der Waals surface area (Å²) in [7, 11) is -1.08. The van der Waals surface area contributed by atoms with Crippen molar-refractivity contribution < 1.29 is 29.3 Å². The molecule has 2 saturated heterocycles. The van der Waals surface area contributed by atoms with Crippen LogP contribution in [0.25, 0.3) is 6.08 Å². The molecule has 3 aliphatic rings. The smallest absolute Gasteiger partial charge is 0.455 e. The first kappa shape index (κ1) is 30.2. The van der Waals surface area contributed by atoms with Gasteiger partial charge in [0.1, 0.15) is 5.75 Å². The second-order valence-corrected chi connectivity index (χ2v) is 12.2. The highest BCUT2D eigenvalue weighted by Gasteiger charge is 2.57. The molecule has 2 aromatic carbocycles. The second kappa shape index (κ2) is 12.5. The molecule has 0 unspecified atom stereocenters. The summed E-state index contributed by atoms with van der Waals surface area (Å²) in [5.74, 6) is -2.14. The third-order valence-electron chi connectivity index (χ3n) is 8.68. The molecule has 1 aliphatic carbocycles. The third-order valence-corrected chi connectivity index (χ3v) is 9.17. The van der Waals surface area contributed by atoms with Crippen LogP contribution in [0.1, 0.15) is 57.9 Å². The van der Waals surface area contributed by atoms with Gasteiger partial charge in [-0.25, -0.2) is 4.90 Å². The number of amides is 2. The molecule has 0 aromatic heterocycles. The van der Waals surface area contributed by atoms with Gasteiger partial charge in [-0.05, 0) is 74.2 Å². The Morgan fingerprint density at radius 2 is 1.95 bits per heavy atom. The van der Waals surface area contributed by atoms with Crippen molar-refractivity contribution in [3.8, 4) is 5.75 Å². The molecule has 220 valence electrons. The lowest BCUT2D eigenvalue weighted by atomic mass is 9.58. The Balaban J connectivity index is 1.44. The number of nitrogens with zero attached hydrogens (tertiary/aromatic N) is 2. The number of phenols is 1. The summed E-state index contributed by atoms with van der Waals surface area (Å²) in [6.07, 6.45) is 5.92. The lowest BCUT2D eigenvalue weighted by molar-refractivity contribution is -0.384. The predicted molar refractivity (Wildman–Crippen MR) is 164 cm³/mol. The van der Waals surface area contributed by atoms with E-state index >= 15 is 0 Å². The van der Waals surface area contributed by atoms with Crippen LogP contribution in [-0.4, -0.2) is 40.1 Å². The molecule has 2 N–H and O–H groups in total. The van der Waals surface area contributed by atoms with E-state index in [1.165, 1.54) is 18.2 Å². The Bertz CT molecular complexity index is 1470. The monoisotopic (exact) mass is 636 g/mol. The molecule has 2 aromatic rings. The van der Waals surface area contributed by atoms with Crippen molar-refractivity contribution in [2.75, 3.05) is 4.90 Å². The minimum atomic E-state index is -1.08. The van der Waals surface area contributed by atoms with Crippen LogP contribution >= 0.6 is 15.9 Å². The van der Waals surface area contributed by atoms with E-state index in [0.717, 1.165) is 44.5 Å². The number of allylic oxidation sites excluding steroid dienone is 2. The summed E-state index contributed by atoms with van der Waals surface area (Å²) < 4.78 is 6.97. The van der Waals surface area contributed by atoms with Crippen LogP contribution in [0.15, 0.2) is 63.7 Å². The van der Waals surface area contributed by atoms with E-state index in [1.807, 2.05) is 19.1 Å². The number of aromatic hydroxyl groups is 1. The van der Waals surface area contributed by atoms with E-state index in [0.29, 0.717) is 25.7 Å². The first-order valence-electron chi connectivity index (χ1n) is 14.5. The zero-order chi connectivity index (χ0) is 30.1. The van der Waals surface area contributed by atoms with Crippen LogP contribution < -0.4 is 4.90 Å². The van der Waals surface area contributed by atoms with Gasteiger partial charge >= 0.3 is 7.12 Å². The normalized spacial score (nSPS) is 24.2. The number of carbonyl (C=O) groups excluding carboxylic acids is 2. The highest BCUT2D eigenvalue weighted by Crippen LogP contribution is 2.52. The van der Waals surface area contributed by atoms with Gasteiger partial charge in [0.05, 0.1) is 28.6 Å². The molecular formula is C31H34BBrN2O7. The van der Waals surface area contributed by atoms with E-state index in [4.69, 9.17) is 4.65 Å². The van der Waals surface area contributed by atoms with E-state index in [9.17, 15) is 29.8 Å². The lowest BCUT2D eigenvalue weighted by Gasteiger charge is -2.43. The Hall–Kier alpha value is -3.28. The van der Waals surface area contributed by atoms with Crippen molar-refractivity contribution in [2.45, 2.75) is 64.8 Å². The first-order chi connectivity index (χ1) is 20.1. The van der Waals surface area contributed by atoms with E-state index in [2.05, 4.69) is 22.9 Å². The molecule has 9 nitrogen and oxygen atoms in total. The number of anilines is 1. The molecule has 2 aliphatic heterocycles. The van der Waals surface area contributed by atoms with Crippen LogP contribution in [0.4, 0.5) is 11.4 Å². The van der Waals surface area contributed by atoms with Crippen molar-refractivity contribution in [1.29, 1.82) is 0 Å². The molecular weight excluding hydrogens is 603 g/mol. The predicted octanol–water partition coefficient (Wildman–Crippen LogP) is 6.44. The fourth-order valence-corrected chi connectivity index (χ4v) is 7.25. The molecule has 0 spiro atoms. The van der Waals surface area contributed by atoms with Crippen molar-refractivity contribution in [1.82, 2.24) is 0 Å². The van der Waals surface area contributed by atoms with Gasteiger partial charge in [-0.15, -0.1) is 0 Å². The summed E-state index contributed by atoms with van der Waals surface area (Å²) >= 11 is 3.47. The second-order valence-electron chi connectivity index (χ2n) is 11.3. The van der Waals surface area contributed by atoms with Crippen LogP contribution in [-0.2, 0) is 14.2 Å². The summed E-state index contributed by atoms with van der Waals surface area (Å²) in [4.78, 5) is 39.4. The van der Waals surface area contributed by atoms with Crippen LogP contribution in [0, 0.1) is 27.9 Å². The largest absolute Gasteiger partial charge is 0.507 e. The average Bonchev–Trinajstić information content (AvgIpc) is 3.22. The fraction of sp³-hybridized carbons (Fsp3) is 0.419. The fourth-order valence-electron chi connectivity index (χ4n) is 6.87. The highest BCUT2D eigenvalue weighted by molar-refractivity contribution is 9.10. The van der Waals surface area contributed by atoms with Gasteiger partial charge in [0.2, 0.25) is 11.8 Å². The van der Waals surface area contributed by atoms with Crippen LogP contribution in [0.5, 0.6) is 5.75 Å². The van der Waals surface area contributed by atoms with Gasteiger partial charge in [0, 0.05) is 22.2 Å². The summed E-state index contributed by atoms with van der Waals surface area (Å²) in [5.41, 5.74) is 3.95. The highest BCUT2D eigenvalue weighted by atomic mass is 79.9. The minimum Gasteiger partial charge on any atom is -0.507 e. The SMILES string of the molecule is CCC/C(=C\c1cc(Br)ccc1O)CC[C@H]1OB(O)C[C@H]2C1=C(CC)C[C@H]1C(=O)N(c3cccc([N+](=O)[O-])c3)C(=O)[C@H]12. The van der Waals surface area contributed by atoms with Gasteiger partial charge in [-0.3, -0.25) is 19.7 Å². The van der Waals surface area contributed by atoms with E-state index in [-0.39, 0.29) is 41.2 Å². The van der Waals surface area contributed by atoms with Gasteiger partial charge in [0.15, 0.2) is 0 Å². The van der Waals surface area contributed by atoms with Gasteiger partial charge < -0.3 is 14.8 Å². The first-order valence-corrected chi connectivity index (χ1v) is 15.3. The third kappa shape index (κ3) is 5.82. The standard InChI is InChI=1S/C31H34BBrN2O7/c1-3-6-18(13-20-14-21(33)10-11-26(20)36)9-12-27-28-19(4-2)15-24-29(25(28)17-32(39)42-27)31(38)34(30(24)37)22-7-5-8-23(16-22)35(40)41/h5,7-8,10-11,13-14,16,24-25,27,29,36,39H,3-4,6,9,12,15,17H2,1-2H3/b18-13+/t24-,25+,27-,29-/m1/s1. The molecule has 11 heteroatoms. The molecule has 0 bridgehead atoms. The maximum absolute atomic E-state index is 13.9. The maximum Gasteiger partial charge on any atom is 0.455 e. The zero-order valence-electron chi connectivity index (χ0n) is 23.7. The number of nitro groups is 1. The number of halogens is 1. The van der Waals surface area contributed by atoms with Gasteiger partial charge in [-0.1, -0.05) is 59.5 Å². The number of rotatable bonds is 9. The molecule has 0 radical (unpaired) electrons. The summed E-state index contributed by atoms with van der Waals surface area (Å²) in [6, 6.07) is 10.9. The minimum absolute atomic E-state index is 0.190. The molecule has 2 heterocycles. The zero-order valence-corrected chi connectivity index (χ0v) is 25.2. The quantitative estimate of drug-likeness (QED) is 0.106. The van der Waals surface area contributed by atoms with Gasteiger partial charge in [-0.2, -0.15) is 0 Å². The number of fused-ring (bicyclic) bond motifs is 3. The number of hydrogen-bond donors (Lipinski definition) is 2. The van der Waals surface area contributed by atoms with Crippen molar-refractivity contribution in [3.63, 3.8) is 0 Å². The van der Waals surface area contributed by atoms with Gasteiger partial charge in [0.25, 0.3) is 5.69 Å². The molecule has 0 saturated carbocycles. The summed E-state index contributed by atoms with van der Waals surface area (Å²) in [5, 5.41) is 32.6. The molecule has 5 rings (SSSR count). The van der Waals surface area contributed by atoms with E-state index in [1.54, 1.807) is 18.2 Å². The number of phenolic OH excluding ortho intramolecular Hbond substituents is 1.